The van der Waals surface area contributed by atoms with Gasteiger partial charge in [-0.05, 0) is 53.5 Å². The number of halogens is 1. The molecule has 2 aromatic rings. The number of carbonyl (C=O) groups excluding carboxylic acids is 1. The van der Waals surface area contributed by atoms with Crippen molar-refractivity contribution < 1.29 is 4.79 Å². The monoisotopic (exact) mass is 318 g/mol. The van der Waals surface area contributed by atoms with Crippen molar-refractivity contribution in [3.8, 4) is 0 Å². The van der Waals surface area contributed by atoms with E-state index in [2.05, 4.69) is 27.0 Å². The van der Waals surface area contributed by atoms with E-state index >= 15 is 0 Å². The number of nitrogens with zero attached hydrogens (tertiary/aromatic N) is 2. The molecule has 0 bridgehead atoms. The van der Waals surface area contributed by atoms with Crippen molar-refractivity contribution in [2.24, 2.45) is 0 Å². The highest BCUT2D eigenvalue weighted by atomic mass is 79.9. The Kier molecular flexibility index (Phi) is 4.00. The van der Waals surface area contributed by atoms with Gasteiger partial charge in [0.05, 0.1) is 0 Å². The third-order valence-corrected chi connectivity index (χ3v) is 3.43. The van der Waals surface area contributed by atoms with Crippen molar-refractivity contribution in [2.75, 3.05) is 11.9 Å². The number of pyridine rings is 1. The van der Waals surface area contributed by atoms with Gasteiger partial charge in [-0.15, -0.1) is 0 Å². The largest absolute Gasteiger partial charge is 0.311 e. The number of hydrogen-bond acceptors (Lipinski definition) is 2. The molecule has 3 nitrogen and oxygen atoms in total. The molecule has 1 heterocycles. The Balaban J connectivity index is 2.33. The van der Waals surface area contributed by atoms with Crippen molar-refractivity contribution in [1.29, 1.82) is 0 Å². The van der Waals surface area contributed by atoms with Gasteiger partial charge in [0.1, 0.15) is 4.60 Å². The molecule has 98 valence electrons. The quantitative estimate of drug-likeness (QED) is 0.790. The highest BCUT2D eigenvalue weighted by Gasteiger charge is 2.15. The van der Waals surface area contributed by atoms with Gasteiger partial charge in [0, 0.05) is 24.5 Å². The van der Waals surface area contributed by atoms with Crippen LogP contribution in [-0.2, 0) is 0 Å². The molecule has 0 fully saturated rings. The summed E-state index contributed by atoms with van der Waals surface area (Å²) in [6.45, 7) is 4.05. The highest BCUT2D eigenvalue weighted by Crippen LogP contribution is 2.22. The summed E-state index contributed by atoms with van der Waals surface area (Å²) in [7, 11) is 1.79. The van der Waals surface area contributed by atoms with Crippen LogP contribution >= 0.6 is 15.9 Å². The van der Waals surface area contributed by atoms with E-state index < -0.39 is 0 Å². The fraction of sp³-hybridized carbons (Fsp3) is 0.200. The van der Waals surface area contributed by atoms with Crippen molar-refractivity contribution in [1.82, 2.24) is 4.98 Å². The van der Waals surface area contributed by atoms with E-state index in [9.17, 15) is 4.79 Å². The lowest BCUT2D eigenvalue weighted by molar-refractivity contribution is 0.0992. The first kappa shape index (κ1) is 13.7. The fourth-order valence-corrected chi connectivity index (χ4v) is 2.39. The summed E-state index contributed by atoms with van der Waals surface area (Å²) in [4.78, 5) is 18.1. The van der Waals surface area contributed by atoms with Gasteiger partial charge in [-0.3, -0.25) is 4.79 Å². The second-order valence-electron chi connectivity index (χ2n) is 4.52. The average molecular weight is 319 g/mol. The second kappa shape index (κ2) is 5.53. The molecule has 2 rings (SSSR count). The van der Waals surface area contributed by atoms with E-state index in [-0.39, 0.29) is 5.91 Å². The van der Waals surface area contributed by atoms with Crippen LogP contribution < -0.4 is 4.90 Å². The molecule has 1 aromatic carbocycles. The van der Waals surface area contributed by atoms with Crippen LogP contribution in [0.2, 0.25) is 0 Å². The molecular formula is C15H15BrN2O. The number of rotatable bonds is 2. The summed E-state index contributed by atoms with van der Waals surface area (Å²) in [5.74, 6) is -0.0462. The Labute approximate surface area is 121 Å². The summed E-state index contributed by atoms with van der Waals surface area (Å²) in [6, 6.07) is 9.49. The maximum atomic E-state index is 12.4. The van der Waals surface area contributed by atoms with Crippen LogP contribution in [0.5, 0.6) is 0 Å². The van der Waals surface area contributed by atoms with E-state index in [1.807, 2.05) is 26.0 Å². The van der Waals surface area contributed by atoms with E-state index in [1.165, 1.54) is 5.56 Å². The van der Waals surface area contributed by atoms with E-state index in [4.69, 9.17) is 0 Å². The van der Waals surface area contributed by atoms with Gasteiger partial charge >= 0.3 is 0 Å². The molecule has 0 aliphatic heterocycles. The maximum Gasteiger partial charge on any atom is 0.258 e. The molecule has 0 spiro atoms. The van der Waals surface area contributed by atoms with E-state index in [0.29, 0.717) is 10.2 Å². The van der Waals surface area contributed by atoms with E-state index in [1.54, 1.807) is 30.3 Å². The molecule has 19 heavy (non-hydrogen) atoms. The van der Waals surface area contributed by atoms with Crippen LogP contribution in [0.4, 0.5) is 5.69 Å². The molecule has 0 aliphatic rings. The molecular weight excluding hydrogens is 304 g/mol. The molecule has 0 aliphatic carbocycles. The summed E-state index contributed by atoms with van der Waals surface area (Å²) in [5, 5.41) is 0. The first-order chi connectivity index (χ1) is 8.99. The Morgan fingerprint density at radius 3 is 2.58 bits per heavy atom. The Hall–Kier alpha value is -1.68. The van der Waals surface area contributed by atoms with E-state index in [0.717, 1.165) is 11.3 Å². The minimum Gasteiger partial charge on any atom is -0.311 e. The number of aromatic nitrogens is 1. The molecule has 0 N–H and O–H groups in total. The average Bonchev–Trinajstić information content (AvgIpc) is 2.37. The van der Waals surface area contributed by atoms with Gasteiger partial charge in [-0.25, -0.2) is 4.98 Å². The topological polar surface area (TPSA) is 33.2 Å². The molecule has 0 atom stereocenters. The number of hydrogen-bond donors (Lipinski definition) is 0. The first-order valence-electron chi connectivity index (χ1n) is 5.96. The molecule has 4 heteroatoms. The lowest BCUT2D eigenvalue weighted by atomic mass is 10.1. The number of amides is 1. The standard InChI is InChI=1S/C15H15BrN2O/c1-10-4-5-13(11(2)8-10)18(3)15(19)12-6-7-17-14(16)9-12/h4-9H,1-3H3. The third-order valence-electron chi connectivity index (χ3n) is 2.99. The molecule has 0 saturated carbocycles. The van der Waals surface area contributed by atoms with Crippen LogP contribution in [0.1, 0.15) is 21.5 Å². The smallest absolute Gasteiger partial charge is 0.258 e. The second-order valence-corrected chi connectivity index (χ2v) is 5.33. The van der Waals surface area contributed by atoms with Gasteiger partial charge in [0.25, 0.3) is 5.91 Å². The number of aryl methyl sites for hydroxylation is 2. The van der Waals surface area contributed by atoms with Gasteiger partial charge in [-0.1, -0.05) is 17.7 Å². The summed E-state index contributed by atoms with van der Waals surface area (Å²) in [5.41, 5.74) is 3.81. The van der Waals surface area contributed by atoms with Crippen LogP contribution in [-0.4, -0.2) is 17.9 Å². The lowest BCUT2D eigenvalue weighted by Crippen LogP contribution is -2.27. The third kappa shape index (κ3) is 3.01. The van der Waals surface area contributed by atoms with Crippen LogP contribution in [0, 0.1) is 13.8 Å². The van der Waals surface area contributed by atoms with Crippen LogP contribution in [0.15, 0.2) is 41.1 Å². The number of anilines is 1. The molecule has 1 aromatic heterocycles. The maximum absolute atomic E-state index is 12.4. The van der Waals surface area contributed by atoms with Crippen molar-refractivity contribution in [2.45, 2.75) is 13.8 Å². The Bertz CT molecular complexity index is 625. The predicted octanol–water partition coefficient (Wildman–Crippen LogP) is 3.74. The predicted molar refractivity (Wildman–Crippen MR) is 80.6 cm³/mol. The SMILES string of the molecule is Cc1ccc(N(C)C(=O)c2ccnc(Br)c2)c(C)c1. The molecule has 1 amide bonds. The Morgan fingerprint density at radius 2 is 1.95 bits per heavy atom. The lowest BCUT2D eigenvalue weighted by Gasteiger charge is -2.20. The minimum absolute atomic E-state index is 0.0462. The summed E-state index contributed by atoms with van der Waals surface area (Å²) < 4.78 is 0.660. The minimum atomic E-state index is -0.0462. The van der Waals surface area contributed by atoms with Crippen molar-refractivity contribution >= 4 is 27.5 Å². The molecule has 0 unspecified atom stereocenters. The first-order valence-corrected chi connectivity index (χ1v) is 6.75. The zero-order valence-corrected chi connectivity index (χ0v) is 12.7. The fourth-order valence-electron chi connectivity index (χ4n) is 2.02. The van der Waals surface area contributed by atoms with Crippen LogP contribution in [0.25, 0.3) is 0 Å². The zero-order chi connectivity index (χ0) is 14.0. The normalized spacial score (nSPS) is 10.3. The zero-order valence-electron chi connectivity index (χ0n) is 11.1. The van der Waals surface area contributed by atoms with Gasteiger partial charge in [0.2, 0.25) is 0 Å². The van der Waals surface area contributed by atoms with Gasteiger partial charge < -0.3 is 4.90 Å². The summed E-state index contributed by atoms with van der Waals surface area (Å²) >= 11 is 3.28. The molecule has 0 saturated heterocycles. The van der Waals surface area contributed by atoms with Crippen molar-refractivity contribution in [3.63, 3.8) is 0 Å². The highest BCUT2D eigenvalue weighted by molar-refractivity contribution is 9.10. The molecule has 0 radical (unpaired) electrons. The summed E-state index contributed by atoms with van der Waals surface area (Å²) in [6.07, 6.45) is 1.62. The van der Waals surface area contributed by atoms with Crippen molar-refractivity contribution in [3.05, 3.63) is 57.8 Å². The number of benzene rings is 1. The van der Waals surface area contributed by atoms with Gasteiger partial charge in [0.15, 0.2) is 0 Å². The van der Waals surface area contributed by atoms with Gasteiger partial charge in [-0.2, -0.15) is 0 Å². The number of carbonyl (C=O) groups is 1. The Morgan fingerprint density at radius 1 is 1.21 bits per heavy atom. The van der Waals surface area contributed by atoms with Crippen LogP contribution in [0.3, 0.4) is 0 Å².